The lowest BCUT2D eigenvalue weighted by molar-refractivity contribution is 0.291. The van der Waals surface area contributed by atoms with Gasteiger partial charge in [-0.3, -0.25) is 4.57 Å². The second-order valence-electron chi connectivity index (χ2n) is 7.80. The molecule has 0 saturated carbocycles. The Morgan fingerprint density at radius 1 is 0.853 bits per heavy atom. The largest absolute Gasteiger partial charge is 0.485 e. The summed E-state index contributed by atoms with van der Waals surface area (Å²) in [5.74, 6) is 3.63. The average molecular weight is 469 g/mol. The van der Waals surface area contributed by atoms with Crippen molar-refractivity contribution in [2.45, 2.75) is 31.4 Å². The number of nitrogens with zero attached hydrogens (tertiary/aromatic N) is 4. The summed E-state index contributed by atoms with van der Waals surface area (Å²) in [6.07, 6.45) is 0. The van der Waals surface area contributed by atoms with Gasteiger partial charge in [0, 0.05) is 17.0 Å². The van der Waals surface area contributed by atoms with E-state index in [1.807, 2.05) is 103 Å². The second-order valence-corrected chi connectivity index (χ2v) is 8.74. The van der Waals surface area contributed by atoms with Crippen LogP contribution < -0.4 is 4.74 Å². The van der Waals surface area contributed by atoms with Gasteiger partial charge in [-0.15, -0.1) is 10.2 Å². The zero-order valence-corrected chi connectivity index (χ0v) is 19.8. The van der Waals surface area contributed by atoms with Crippen LogP contribution in [0.4, 0.5) is 0 Å². The molecule has 0 atom stereocenters. The average Bonchev–Trinajstić information content (AvgIpc) is 3.46. The molecule has 0 radical (unpaired) electrons. The topological polar surface area (TPSA) is 66.0 Å². The molecule has 2 heterocycles. The van der Waals surface area contributed by atoms with Crippen LogP contribution in [0.3, 0.4) is 0 Å². The first-order valence-corrected chi connectivity index (χ1v) is 12.0. The molecule has 0 aliphatic heterocycles. The maximum absolute atomic E-state index is 6.07. The molecule has 2 aromatic heterocycles. The summed E-state index contributed by atoms with van der Waals surface area (Å²) >= 11 is 1.57. The van der Waals surface area contributed by atoms with E-state index in [4.69, 9.17) is 14.1 Å². The van der Waals surface area contributed by atoms with Gasteiger partial charge in [-0.2, -0.15) is 0 Å². The van der Waals surface area contributed by atoms with E-state index in [0.717, 1.165) is 45.0 Å². The monoisotopic (exact) mass is 468 g/mol. The molecule has 0 saturated heterocycles. The van der Waals surface area contributed by atoms with Crippen molar-refractivity contribution < 1.29 is 9.15 Å². The molecule has 5 aromatic rings. The van der Waals surface area contributed by atoms with Crippen molar-refractivity contribution in [1.29, 1.82) is 0 Å². The first-order chi connectivity index (χ1) is 16.7. The van der Waals surface area contributed by atoms with Gasteiger partial charge in [0.15, 0.2) is 11.0 Å². The van der Waals surface area contributed by atoms with E-state index in [2.05, 4.69) is 10.2 Å². The maximum Gasteiger partial charge on any atom is 0.226 e. The van der Waals surface area contributed by atoms with Crippen molar-refractivity contribution >= 4 is 11.8 Å². The highest BCUT2D eigenvalue weighted by molar-refractivity contribution is 7.98. The third-order valence-corrected chi connectivity index (χ3v) is 6.36. The molecule has 34 heavy (non-hydrogen) atoms. The van der Waals surface area contributed by atoms with Gasteiger partial charge in [-0.25, -0.2) is 4.98 Å². The highest BCUT2D eigenvalue weighted by Crippen LogP contribution is 2.29. The summed E-state index contributed by atoms with van der Waals surface area (Å²) in [5.41, 5.74) is 3.92. The van der Waals surface area contributed by atoms with Gasteiger partial charge in [0.2, 0.25) is 5.89 Å². The predicted octanol–water partition coefficient (Wildman–Crippen LogP) is 6.41. The van der Waals surface area contributed by atoms with Crippen LogP contribution in [0.25, 0.3) is 17.1 Å². The van der Waals surface area contributed by atoms with E-state index in [-0.39, 0.29) is 0 Å². The number of oxazole rings is 1. The van der Waals surface area contributed by atoms with Crippen LogP contribution in [0.5, 0.6) is 5.75 Å². The Kier molecular flexibility index (Phi) is 6.44. The summed E-state index contributed by atoms with van der Waals surface area (Å²) in [6.45, 7) is 4.29. The summed E-state index contributed by atoms with van der Waals surface area (Å²) in [4.78, 5) is 4.72. The van der Waals surface area contributed by atoms with E-state index in [0.29, 0.717) is 18.3 Å². The van der Waals surface area contributed by atoms with Crippen LogP contribution in [0.1, 0.15) is 22.8 Å². The molecule has 0 unspecified atom stereocenters. The standard InChI is InChI=1S/C27H24N4O2S/c1-19-11-9-10-16-24(19)32-17-25-29-30-27(31(25)22-14-7-4-8-15-22)34-18-23-20(2)33-26(28-23)21-12-5-3-6-13-21/h3-16H,17-18H2,1-2H3. The van der Waals surface area contributed by atoms with Crippen molar-refractivity contribution in [3.63, 3.8) is 0 Å². The van der Waals surface area contributed by atoms with Crippen LogP contribution >= 0.6 is 11.8 Å². The molecule has 0 amide bonds. The molecule has 0 bridgehead atoms. The fourth-order valence-corrected chi connectivity index (χ4v) is 4.56. The Bertz CT molecular complexity index is 1380. The minimum Gasteiger partial charge on any atom is -0.485 e. The molecule has 0 aliphatic rings. The van der Waals surface area contributed by atoms with Gasteiger partial charge in [0.1, 0.15) is 18.1 Å². The summed E-state index contributed by atoms with van der Waals surface area (Å²) in [7, 11) is 0. The number of aryl methyl sites for hydroxylation is 2. The van der Waals surface area contributed by atoms with Gasteiger partial charge in [-0.1, -0.05) is 66.4 Å². The quantitative estimate of drug-likeness (QED) is 0.245. The lowest BCUT2D eigenvalue weighted by atomic mass is 10.2. The van der Waals surface area contributed by atoms with Gasteiger partial charge >= 0.3 is 0 Å². The molecule has 3 aromatic carbocycles. The fourth-order valence-electron chi connectivity index (χ4n) is 3.58. The number of rotatable bonds is 8. The van der Waals surface area contributed by atoms with E-state index in [1.165, 1.54) is 0 Å². The van der Waals surface area contributed by atoms with E-state index >= 15 is 0 Å². The molecule has 170 valence electrons. The van der Waals surface area contributed by atoms with E-state index in [9.17, 15) is 0 Å². The zero-order valence-electron chi connectivity index (χ0n) is 19.0. The molecule has 7 heteroatoms. The lowest BCUT2D eigenvalue weighted by Gasteiger charge is -2.12. The Hall–Kier alpha value is -3.84. The third kappa shape index (κ3) is 4.75. The molecule has 5 rings (SSSR count). The Labute approximate surface area is 202 Å². The van der Waals surface area contributed by atoms with Crippen LogP contribution in [0, 0.1) is 13.8 Å². The predicted molar refractivity (Wildman–Crippen MR) is 133 cm³/mol. The fraction of sp³-hybridized carbons (Fsp3) is 0.148. The number of hydrogen-bond donors (Lipinski definition) is 0. The lowest BCUT2D eigenvalue weighted by Crippen LogP contribution is -2.07. The van der Waals surface area contributed by atoms with Crippen LogP contribution in [0.2, 0.25) is 0 Å². The van der Waals surface area contributed by atoms with Gasteiger partial charge in [0.25, 0.3) is 0 Å². The minimum atomic E-state index is 0.314. The molecule has 6 nitrogen and oxygen atoms in total. The van der Waals surface area contributed by atoms with Gasteiger partial charge < -0.3 is 9.15 Å². The number of aromatic nitrogens is 4. The Morgan fingerprint density at radius 3 is 2.32 bits per heavy atom. The van der Waals surface area contributed by atoms with Crippen molar-refractivity contribution in [1.82, 2.24) is 19.7 Å². The Morgan fingerprint density at radius 2 is 1.56 bits per heavy atom. The highest BCUT2D eigenvalue weighted by Gasteiger charge is 2.18. The molecule has 0 N–H and O–H groups in total. The smallest absolute Gasteiger partial charge is 0.226 e. The van der Waals surface area contributed by atoms with Gasteiger partial charge in [0.05, 0.1) is 5.69 Å². The number of thioether (sulfide) groups is 1. The van der Waals surface area contributed by atoms with Gasteiger partial charge in [-0.05, 0) is 49.7 Å². The van der Waals surface area contributed by atoms with Crippen molar-refractivity contribution in [3.8, 4) is 22.9 Å². The molecular weight excluding hydrogens is 444 g/mol. The number of para-hydroxylation sites is 2. The number of benzene rings is 3. The van der Waals surface area contributed by atoms with Crippen LogP contribution in [-0.4, -0.2) is 19.7 Å². The molecule has 0 aliphatic carbocycles. The minimum absolute atomic E-state index is 0.314. The summed E-state index contributed by atoms with van der Waals surface area (Å²) in [6, 6.07) is 28.0. The molecular formula is C27H24N4O2S. The van der Waals surface area contributed by atoms with E-state index < -0.39 is 0 Å². The number of hydrogen-bond acceptors (Lipinski definition) is 6. The molecule has 0 fully saturated rings. The SMILES string of the molecule is Cc1ccccc1OCc1nnc(SCc2nc(-c3ccccc3)oc2C)n1-c1ccccc1. The first kappa shape index (κ1) is 22.0. The second kappa shape index (κ2) is 9.97. The van der Waals surface area contributed by atoms with Crippen molar-refractivity contribution in [3.05, 3.63) is 108 Å². The number of ether oxygens (including phenoxy) is 1. The van der Waals surface area contributed by atoms with Crippen molar-refractivity contribution in [2.24, 2.45) is 0 Å². The third-order valence-electron chi connectivity index (χ3n) is 5.42. The van der Waals surface area contributed by atoms with Crippen molar-refractivity contribution in [2.75, 3.05) is 0 Å². The normalized spacial score (nSPS) is 11.0. The summed E-state index contributed by atoms with van der Waals surface area (Å²) in [5, 5.41) is 9.70. The Balaban J connectivity index is 1.39. The maximum atomic E-state index is 6.07. The van der Waals surface area contributed by atoms with E-state index in [1.54, 1.807) is 11.8 Å². The van der Waals surface area contributed by atoms with Crippen LogP contribution in [-0.2, 0) is 12.4 Å². The van der Waals surface area contributed by atoms with Crippen LogP contribution in [0.15, 0.2) is 94.5 Å². The zero-order chi connectivity index (χ0) is 23.3. The molecule has 0 spiro atoms. The first-order valence-electron chi connectivity index (χ1n) is 11.0. The highest BCUT2D eigenvalue weighted by atomic mass is 32.2. The summed E-state index contributed by atoms with van der Waals surface area (Å²) < 4.78 is 14.0.